The van der Waals surface area contributed by atoms with Gasteiger partial charge in [0, 0.05) is 46.5 Å². The maximum absolute atomic E-state index is 4.96. The average molecular weight is 380 g/mol. The van der Waals surface area contributed by atoms with Crippen LogP contribution in [0.25, 0.3) is 0 Å². The van der Waals surface area contributed by atoms with E-state index in [2.05, 4.69) is 63.4 Å². The van der Waals surface area contributed by atoms with Crippen LogP contribution in [0.4, 0.5) is 0 Å². The van der Waals surface area contributed by atoms with Gasteiger partial charge >= 0.3 is 0 Å². The summed E-state index contributed by atoms with van der Waals surface area (Å²) < 4.78 is 14.3. The summed E-state index contributed by atoms with van der Waals surface area (Å²) in [5.41, 5.74) is 0. The molecule has 0 aromatic rings. The van der Waals surface area contributed by atoms with Crippen molar-refractivity contribution in [3.05, 3.63) is 0 Å². The van der Waals surface area contributed by atoms with Gasteiger partial charge < -0.3 is 34.6 Å². The first-order valence-corrected chi connectivity index (χ1v) is 9.28. The first kappa shape index (κ1) is 27.9. The second kappa shape index (κ2) is 21.0. The van der Waals surface area contributed by atoms with E-state index in [-0.39, 0.29) is 0 Å². The summed E-state index contributed by atoms with van der Waals surface area (Å²) in [6, 6.07) is 1.21. The molecule has 160 valence electrons. The normalized spacial score (nSPS) is 16.5. The standard InChI is InChI=1S/C8H21N3.C6H13NO.C4H11NO2/c1-9-8(6-10(2)3)7-11(4)5;1-8-5-6-3-2-4-7-6;1-6-3-5-4-7-2/h8-9H,6-7H2,1-5H3;6-7H,2-5H2,1H3;5H,3-4H2,1-2H3. The van der Waals surface area contributed by atoms with Crippen LogP contribution in [0.1, 0.15) is 12.8 Å². The van der Waals surface area contributed by atoms with Gasteiger partial charge in [0.25, 0.3) is 0 Å². The molecule has 0 aromatic heterocycles. The van der Waals surface area contributed by atoms with Gasteiger partial charge in [0.15, 0.2) is 0 Å². The van der Waals surface area contributed by atoms with Crippen LogP contribution in [0.3, 0.4) is 0 Å². The van der Waals surface area contributed by atoms with E-state index in [9.17, 15) is 0 Å². The molecule has 0 amide bonds. The molecule has 1 fully saturated rings. The highest BCUT2D eigenvalue weighted by molar-refractivity contribution is 4.72. The zero-order valence-corrected chi connectivity index (χ0v) is 18.4. The Kier molecular flexibility index (Phi) is 22.5. The summed E-state index contributed by atoms with van der Waals surface area (Å²) >= 11 is 0. The van der Waals surface area contributed by atoms with Gasteiger partial charge in [0.05, 0.1) is 20.1 Å². The van der Waals surface area contributed by atoms with Gasteiger partial charge in [-0.25, -0.2) is 0 Å². The maximum Gasteiger partial charge on any atom is 0.0978 e. The number of methoxy groups -OCH3 is 3. The molecule has 1 atom stereocenters. The lowest BCUT2D eigenvalue weighted by atomic mass is 10.2. The average Bonchev–Trinajstić information content (AvgIpc) is 3.09. The fourth-order valence-corrected chi connectivity index (χ4v) is 2.47. The SMILES string of the molecule is CNC(CN(C)C)CN(C)C.COCC1CCCN1.COCNCOC. The summed E-state index contributed by atoms with van der Waals surface area (Å²) in [6.45, 7) is 5.33. The molecule has 1 rings (SSSR count). The van der Waals surface area contributed by atoms with Crippen molar-refractivity contribution in [3.63, 3.8) is 0 Å². The number of rotatable bonds is 11. The van der Waals surface area contributed by atoms with E-state index in [0.29, 0.717) is 25.5 Å². The van der Waals surface area contributed by atoms with Crippen LogP contribution in [0.15, 0.2) is 0 Å². The van der Waals surface area contributed by atoms with Crippen molar-refractivity contribution in [1.82, 2.24) is 25.8 Å². The lowest BCUT2D eigenvalue weighted by Gasteiger charge is -2.23. The summed E-state index contributed by atoms with van der Waals surface area (Å²) in [7, 11) is 15.4. The van der Waals surface area contributed by atoms with Gasteiger partial charge in [-0.15, -0.1) is 0 Å². The minimum Gasteiger partial charge on any atom is -0.383 e. The Morgan fingerprint density at radius 2 is 1.50 bits per heavy atom. The number of hydrogen-bond donors (Lipinski definition) is 3. The molecule has 26 heavy (non-hydrogen) atoms. The third kappa shape index (κ3) is 21.7. The molecule has 1 aliphatic heterocycles. The van der Waals surface area contributed by atoms with E-state index in [1.54, 1.807) is 21.3 Å². The molecule has 0 aliphatic carbocycles. The van der Waals surface area contributed by atoms with Gasteiger partial charge in [0.1, 0.15) is 0 Å². The predicted molar refractivity (Wildman–Crippen MR) is 110 cm³/mol. The Bertz CT molecular complexity index is 251. The van der Waals surface area contributed by atoms with Crippen LogP contribution in [-0.4, -0.2) is 118 Å². The van der Waals surface area contributed by atoms with E-state index in [0.717, 1.165) is 19.7 Å². The van der Waals surface area contributed by atoms with Crippen molar-refractivity contribution in [3.8, 4) is 0 Å². The molecule has 0 aromatic carbocycles. The zero-order valence-electron chi connectivity index (χ0n) is 18.4. The summed E-state index contributed by atoms with van der Waals surface area (Å²) in [4.78, 5) is 4.40. The third-order valence-corrected chi connectivity index (χ3v) is 3.60. The fraction of sp³-hybridized carbons (Fsp3) is 1.00. The Hall–Kier alpha value is -0.320. The quantitative estimate of drug-likeness (QED) is 0.339. The second-order valence-corrected chi connectivity index (χ2v) is 6.87. The molecule has 8 heteroatoms. The largest absolute Gasteiger partial charge is 0.383 e. The van der Waals surface area contributed by atoms with Crippen LogP contribution in [0.2, 0.25) is 0 Å². The molecule has 0 saturated carbocycles. The van der Waals surface area contributed by atoms with Crippen molar-refractivity contribution in [2.45, 2.75) is 24.9 Å². The first-order chi connectivity index (χ1) is 12.4. The molecule has 1 unspecified atom stereocenters. The van der Waals surface area contributed by atoms with E-state index in [4.69, 9.17) is 4.74 Å². The van der Waals surface area contributed by atoms with Gasteiger partial charge in [-0.05, 0) is 54.6 Å². The number of nitrogens with one attached hydrogen (secondary N) is 3. The zero-order chi connectivity index (χ0) is 20.2. The topological polar surface area (TPSA) is 70.3 Å². The predicted octanol–water partition coefficient (Wildman–Crippen LogP) is -0.134. The Balaban J connectivity index is 0. The van der Waals surface area contributed by atoms with E-state index < -0.39 is 0 Å². The fourth-order valence-electron chi connectivity index (χ4n) is 2.47. The molecule has 1 saturated heterocycles. The second-order valence-electron chi connectivity index (χ2n) is 6.87. The van der Waals surface area contributed by atoms with Crippen LogP contribution in [0, 0.1) is 0 Å². The van der Waals surface area contributed by atoms with E-state index >= 15 is 0 Å². The summed E-state index contributed by atoms with van der Waals surface area (Å²) in [5, 5.41) is 9.45. The molecule has 0 spiro atoms. The van der Waals surface area contributed by atoms with Gasteiger partial charge in [-0.1, -0.05) is 0 Å². The first-order valence-electron chi connectivity index (χ1n) is 9.28. The molecule has 0 bridgehead atoms. The molecule has 1 heterocycles. The summed E-state index contributed by atoms with van der Waals surface area (Å²) in [6.07, 6.45) is 2.60. The maximum atomic E-state index is 4.96. The van der Waals surface area contributed by atoms with Gasteiger partial charge in [-0.2, -0.15) is 0 Å². The minimum atomic E-state index is 0.549. The monoisotopic (exact) mass is 379 g/mol. The summed E-state index contributed by atoms with van der Waals surface area (Å²) in [5.74, 6) is 0. The van der Waals surface area contributed by atoms with E-state index in [1.165, 1.54) is 19.4 Å². The van der Waals surface area contributed by atoms with Crippen molar-refractivity contribution in [2.24, 2.45) is 0 Å². The minimum absolute atomic E-state index is 0.549. The number of hydrogen-bond acceptors (Lipinski definition) is 8. The Labute approximate surface area is 161 Å². The molecular formula is C18H45N5O3. The number of likely N-dealkylation sites (N-methyl/N-ethyl adjacent to an activating group) is 3. The molecule has 8 nitrogen and oxygen atoms in total. The van der Waals surface area contributed by atoms with Crippen molar-refractivity contribution >= 4 is 0 Å². The molecule has 1 aliphatic rings. The van der Waals surface area contributed by atoms with Crippen LogP contribution in [-0.2, 0) is 14.2 Å². The highest BCUT2D eigenvalue weighted by Gasteiger charge is 2.12. The lowest BCUT2D eigenvalue weighted by Crippen LogP contribution is -2.43. The number of nitrogens with zero attached hydrogens (tertiary/aromatic N) is 2. The van der Waals surface area contributed by atoms with Crippen LogP contribution >= 0.6 is 0 Å². The highest BCUT2D eigenvalue weighted by atomic mass is 16.5. The third-order valence-electron chi connectivity index (χ3n) is 3.60. The van der Waals surface area contributed by atoms with Gasteiger partial charge in [0.2, 0.25) is 0 Å². The lowest BCUT2D eigenvalue weighted by molar-refractivity contribution is 0.110. The van der Waals surface area contributed by atoms with Crippen molar-refractivity contribution < 1.29 is 14.2 Å². The van der Waals surface area contributed by atoms with Crippen LogP contribution < -0.4 is 16.0 Å². The van der Waals surface area contributed by atoms with E-state index in [1.807, 2.05) is 7.05 Å². The Morgan fingerprint density at radius 3 is 1.81 bits per heavy atom. The Morgan fingerprint density at radius 1 is 0.962 bits per heavy atom. The molecule has 3 N–H and O–H groups in total. The number of ether oxygens (including phenoxy) is 3. The molecule has 0 radical (unpaired) electrons. The smallest absolute Gasteiger partial charge is 0.0978 e. The highest BCUT2D eigenvalue weighted by Crippen LogP contribution is 2.03. The van der Waals surface area contributed by atoms with Crippen molar-refractivity contribution in [1.29, 1.82) is 0 Å². The van der Waals surface area contributed by atoms with Crippen LogP contribution in [0.5, 0.6) is 0 Å². The van der Waals surface area contributed by atoms with Crippen molar-refractivity contribution in [2.75, 3.05) is 96.3 Å². The van der Waals surface area contributed by atoms with Gasteiger partial charge in [-0.3, -0.25) is 5.32 Å². The molecular weight excluding hydrogens is 334 g/mol.